The molecule has 2 atom stereocenters. The zero-order valence-electron chi connectivity index (χ0n) is 16.7. The van der Waals surface area contributed by atoms with Crippen molar-refractivity contribution in [2.24, 2.45) is 4.99 Å². The summed E-state index contributed by atoms with van der Waals surface area (Å²) in [5.74, 6) is 0.934. The minimum atomic E-state index is 0. The highest BCUT2D eigenvalue weighted by Crippen LogP contribution is 2.16. The number of nitrogens with one attached hydrogen (secondary N) is 2. The number of piperidine rings is 1. The molecule has 0 bridgehead atoms. The van der Waals surface area contributed by atoms with Gasteiger partial charge in [-0.3, -0.25) is 9.89 Å². The first-order chi connectivity index (χ1) is 12.3. The molecule has 2 saturated heterocycles. The van der Waals surface area contributed by atoms with Crippen molar-refractivity contribution >= 4 is 29.9 Å². The monoisotopic (exact) mass is 482 g/mol. The SMILES string of the molecule is CCNC(=NCC1CCCCN1CC)NCCCOCC1CCCO1.I. The van der Waals surface area contributed by atoms with Crippen LogP contribution in [-0.4, -0.2) is 75.5 Å². The van der Waals surface area contributed by atoms with E-state index in [0.717, 1.165) is 64.8 Å². The molecule has 2 aliphatic rings. The number of nitrogens with zero attached hydrogens (tertiary/aromatic N) is 2. The predicted molar refractivity (Wildman–Crippen MR) is 119 cm³/mol. The zero-order valence-corrected chi connectivity index (χ0v) is 19.0. The van der Waals surface area contributed by atoms with Crippen molar-refractivity contribution in [3.05, 3.63) is 0 Å². The molecule has 2 rings (SSSR count). The van der Waals surface area contributed by atoms with Crippen LogP contribution in [0.2, 0.25) is 0 Å². The maximum Gasteiger partial charge on any atom is 0.191 e. The summed E-state index contributed by atoms with van der Waals surface area (Å²) in [6, 6.07) is 0.601. The minimum absolute atomic E-state index is 0. The van der Waals surface area contributed by atoms with Gasteiger partial charge in [-0.2, -0.15) is 0 Å². The second kappa shape index (κ2) is 14.9. The van der Waals surface area contributed by atoms with Gasteiger partial charge in [0.1, 0.15) is 0 Å². The highest BCUT2D eigenvalue weighted by atomic mass is 127. The molecule has 0 aromatic carbocycles. The van der Waals surface area contributed by atoms with Crippen LogP contribution in [0, 0.1) is 0 Å². The van der Waals surface area contributed by atoms with Gasteiger partial charge >= 0.3 is 0 Å². The van der Waals surface area contributed by atoms with Crippen molar-refractivity contribution in [2.45, 2.75) is 64.5 Å². The first-order valence-electron chi connectivity index (χ1n) is 10.3. The summed E-state index contributed by atoms with van der Waals surface area (Å²) < 4.78 is 11.3. The lowest BCUT2D eigenvalue weighted by molar-refractivity contribution is 0.0168. The van der Waals surface area contributed by atoms with Gasteiger partial charge in [0.15, 0.2) is 5.96 Å². The van der Waals surface area contributed by atoms with E-state index in [1.54, 1.807) is 0 Å². The van der Waals surface area contributed by atoms with Crippen molar-refractivity contribution in [2.75, 3.05) is 52.5 Å². The summed E-state index contributed by atoms with van der Waals surface area (Å²) in [5, 5.41) is 6.78. The van der Waals surface area contributed by atoms with E-state index in [1.165, 1.54) is 32.2 Å². The van der Waals surface area contributed by atoms with Gasteiger partial charge in [0.25, 0.3) is 0 Å². The minimum Gasteiger partial charge on any atom is -0.379 e. The molecule has 2 N–H and O–H groups in total. The molecule has 0 aliphatic carbocycles. The fourth-order valence-electron chi connectivity index (χ4n) is 3.59. The average Bonchev–Trinajstić information content (AvgIpc) is 3.16. The Bertz CT molecular complexity index is 379. The van der Waals surface area contributed by atoms with Crippen molar-refractivity contribution in [3.63, 3.8) is 0 Å². The Morgan fingerprint density at radius 2 is 2.08 bits per heavy atom. The summed E-state index contributed by atoms with van der Waals surface area (Å²) in [7, 11) is 0. The van der Waals surface area contributed by atoms with E-state index in [9.17, 15) is 0 Å². The van der Waals surface area contributed by atoms with E-state index in [1.807, 2.05) is 0 Å². The first-order valence-corrected chi connectivity index (χ1v) is 10.3. The van der Waals surface area contributed by atoms with Crippen molar-refractivity contribution < 1.29 is 9.47 Å². The van der Waals surface area contributed by atoms with Crippen LogP contribution in [-0.2, 0) is 9.47 Å². The van der Waals surface area contributed by atoms with E-state index < -0.39 is 0 Å². The third kappa shape index (κ3) is 9.19. The Morgan fingerprint density at radius 1 is 1.19 bits per heavy atom. The molecular formula is C19H39IN4O2. The quantitative estimate of drug-likeness (QED) is 0.217. The van der Waals surface area contributed by atoms with Crippen LogP contribution >= 0.6 is 24.0 Å². The lowest BCUT2D eigenvalue weighted by Gasteiger charge is -2.33. The third-order valence-corrected chi connectivity index (χ3v) is 5.05. The van der Waals surface area contributed by atoms with Gasteiger partial charge in [-0.25, -0.2) is 0 Å². The van der Waals surface area contributed by atoms with Crippen molar-refractivity contribution in [1.29, 1.82) is 0 Å². The molecule has 26 heavy (non-hydrogen) atoms. The molecule has 0 radical (unpaired) electrons. The second-order valence-electron chi connectivity index (χ2n) is 6.99. The Morgan fingerprint density at radius 3 is 2.81 bits per heavy atom. The highest BCUT2D eigenvalue weighted by molar-refractivity contribution is 14.0. The third-order valence-electron chi connectivity index (χ3n) is 5.05. The maximum atomic E-state index is 5.71. The molecular weight excluding hydrogens is 443 g/mol. The van der Waals surface area contributed by atoms with Gasteiger partial charge in [0.05, 0.1) is 19.3 Å². The molecule has 0 aromatic heterocycles. The van der Waals surface area contributed by atoms with Crippen molar-refractivity contribution in [1.82, 2.24) is 15.5 Å². The van der Waals surface area contributed by atoms with Gasteiger partial charge in [-0.05, 0) is 52.1 Å². The van der Waals surface area contributed by atoms with E-state index in [-0.39, 0.29) is 24.0 Å². The molecule has 2 unspecified atom stereocenters. The number of halogens is 1. The Labute approximate surface area is 176 Å². The van der Waals surface area contributed by atoms with Crippen LogP contribution in [0.15, 0.2) is 4.99 Å². The van der Waals surface area contributed by atoms with Gasteiger partial charge in [-0.15, -0.1) is 24.0 Å². The molecule has 2 heterocycles. The molecule has 2 aliphatic heterocycles. The molecule has 0 amide bonds. The van der Waals surface area contributed by atoms with E-state index >= 15 is 0 Å². The van der Waals surface area contributed by atoms with Crippen LogP contribution in [0.1, 0.15) is 52.4 Å². The maximum absolute atomic E-state index is 5.71. The molecule has 0 spiro atoms. The molecule has 0 saturated carbocycles. The lowest BCUT2D eigenvalue weighted by atomic mass is 10.0. The van der Waals surface area contributed by atoms with Crippen LogP contribution in [0.25, 0.3) is 0 Å². The molecule has 2 fully saturated rings. The number of ether oxygens (including phenoxy) is 2. The molecule has 7 heteroatoms. The summed E-state index contributed by atoms with van der Waals surface area (Å²) in [5.41, 5.74) is 0. The highest BCUT2D eigenvalue weighted by Gasteiger charge is 2.20. The Balaban J connectivity index is 0.00000338. The number of hydrogen-bond donors (Lipinski definition) is 2. The van der Waals surface area contributed by atoms with Gasteiger partial charge in [0, 0.05) is 32.3 Å². The van der Waals surface area contributed by atoms with Crippen LogP contribution in [0.4, 0.5) is 0 Å². The Kier molecular flexibility index (Phi) is 13.7. The fourth-order valence-corrected chi connectivity index (χ4v) is 3.59. The van der Waals surface area contributed by atoms with E-state index in [0.29, 0.717) is 12.1 Å². The second-order valence-corrected chi connectivity index (χ2v) is 6.99. The van der Waals surface area contributed by atoms with Crippen LogP contribution in [0.3, 0.4) is 0 Å². The zero-order chi connectivity index (χ0) is 17.7. The summed E-state index contributed by atoms with van der Waals surface area (Å²) in [6.07, 6.45) is 7.57. The molecule has 0 aromatic rings. The fraction of sp³-hybridized carbons (Fsp3) is 0.947. The molecule has 6 nitrogen and oxygen atoms in total. The smallest absolute Gasteiger partial charge is 0.191 e. The van der Waals surface area contributed by atoms with E-state index in [2.05, 4.69) is 29.4 Å². The van der Waals surface area contributed by atoms with Gasteiger partial charge < -0.3 is 20.1 Å². The summed E-state index contributed by atoms with van der Waals surface area (Å²) >= 11 is 0. The van der Waals surface area contributed by atoms with Crippen LogP contribution in [0.5, 0.6) is 0 Å². The predicted octanol–water partition coefficient (Wildman–Crippen LogP) is 2.62. The normalized spacial score (nSPS) is 24.3. The van der Waals surface area contributed by atoms with Gasteiger partial charge in [0.2, 0.25) is 0 Å². The van der Waals surface area contributed by atoms with Crippen molar-refractivity contribution in [3.8, 4) is 0 Å². The Hall–Kier alpha value is -0.120. The number of likely N-dealkylation sites (tertiary alicyclic amines) is 1. The number of hydrogen-bond acceptors (Lipinski definition) is 4. The largest absolute Gasteiger partial charge is 0.379 e. The first kappa shape index (κ1) is 23.9. The van der Waals surface area contributed by atoms with E-state index in [4.69, 9.17) is 14.5 Å². The summed E-state index contributed by atoms with van der Waals surface area (Å²) in [4.78, 5) is 7.37. The lowest BCUT2D eigenvalue weighted by Crippen LogP contribution is -2.43. The van der Waals surface area contributed by atoms with Crippen LogP contribution < -0.4 is 10.6 Å². The topological polar surface area (TPSA) is 58.1 Å². The average molecular weight is 482 g/mol. The number of likely N-dealkylation sites (N-methyl/N-ethyl adjacent to an activating group) is 1. The number of rotatable bonds is 10. The number of guanidine groups is 1. The number of aliphatic imine (C=N–C) groups is 1. The standard InChI is InChI=1S/C19H38N4O2.HI/c1-3-20-19(22-15-17-9-5-6-12-23(17)4-2)21-11-8-13-24-16-18-10-7-14-25-18;/h17-18H,3-16H2,1-2H3,(H2,20,21,22);1H. The summed E-state index contributed by atoms with van der Waals surface area (Å²) in [6.45, 7) is 11.8. The molecule has 154 valence electrons. The van der Waals surface area contributed by atoms with Gasteiger partial charge in [-0.1, -0.05) is 13.3 Å².